The van der Waals surface area contributed by atoms with Crippen LogP contribution in [0.2, 0.25) is 0 Å². The van der Waals surface area contributed by atoms with E-state index in [4.69, 9.17) is 4.74 Å². The Morgan fingerprint density at radius 2 is 2.23 bits per heavy atom. The smallest absolute Gasteiger partial charge is 0.343 e. The summed E-state index contributed by atoms with van der Waals surface area (Å²) in [7, 11) is 1.69. The van der Waals surface area contributed by atoms with E-state index in [1.54, 1.807) is 32.2 Å². The number of nitrogens with zero attached hydrogens (tertiary/aromatic N) is 5. The molecule has 2 unspecified atom stereocenters. The third-order valence-electron chi connectivity index (χ3n) is 4.65. The lowest BCUT2D eigenvalue weighted by Gasteiger charge is -2.20. The van der Waals surface area contributed by atoms with Crippen molar-refractivity contribution in [2.75, 3.05) is 24.3 Å². The number of carbonyl (C=O) groups is 1. The number of ether oxygens (including phenoxy) is 1. The number of fused-ring (bicyclic) bond motifs is 1. The highest BCUT2D eigenvalue weighted by Crippen LogP contribution is 2.23. The summed E-state index contributed by atoms with van der Waals surface area (Å²) in [6, 6.07) is 4.80. The Kier molecular flexibility index (Phi) is 5.48. The first-order chi connectivity index (χ1) is 15.0. The molecule has 0 fully saturated rings. The first-order valence-corrected chi connectivity index (χ1v) is 9.59. The van der Waals surface area contributed by atoms with E-state index in [1.165, 1.54) is 39.8 Å². The highest BCUT2D eigenvalue weighted by Gasteiger charge is 2.23. The van der Waals surface area contributed by atoms with Crippen LogP contribution in [0.1, 0.15) is 23.4 Å². The summed E-state index contributed by atoms with van der Waals surface area (Å²) in [5.74, 6) is 0.273. The zero-order chi connectivity index (χ0) is 22.0. The van der Waals surface area contributed by atoms with Crippen LogP contribution in [0.3, 0.4) is 0 Å². The Balaban J connectivity index is 1.73. The monoisotopic (exact) mass is 425 g/mol. The minimum Gasteiger partial charge on any atom is -0.462 e. The second-order valence-corrected chi connectivity index (χ2v) is 6.59. The number of hydrogen-bond donors (Lipinski definition) is 2. The van der Waals surface area contributed by atoms with Crippen molar-refractivity contribution in [2.24, 2.45) is 4.99 Å². The first kappa shape index (κ1) is 20.3. The third-order valence-corrected chi connectivity index (χ3v) is 4.65. The van der Waals surface area contributed by atoms with Crippen molar-refractivity contribution in [3.05, 3.63) is 58.7 Å². The van der Waals surface area contributed by atoms with Gasteiger partial charge in [0.25, 0.3) is 5.56 Å². The normalized spacial score (nSPS) is 17.6. The maximum absolute atomic E-state index is 14.2. The van der Waals surface area contributed by atoms with Gasteiger partial charge in [0.15, 0.2) is 18.0 Å². The fraction of sp³-hybridized carbons (Fsp3) is 0.250. The molecule has 11 heteroatoms. The molecule has 0 aliphatic carbocycles. The molecule has 160 valence electrons. The summed E-state index contributed by atoms with van der Waals surface area (Å²) in [5, 5.41) is 10.1. The van der Waals surface area contributed by atoms with Gasteiger partial charge in [-0.25, -0.2) is 14.2 Å². The molecule has 3 aromatic rings. The van der Waals surface area contributed by atoms with Crippen molar-refractivity contribution in [3.63, 3.8) is 0 Å². The maximum atomic E-state index is 14.2. The van der Waals surface area contributed by atoms with Gasteiger partial charge in [-0.3, -0.25) is 14.4 Å². The van der Waals surface area contributed by atoms with Gasteiger partial charge in [-0.15, -0.1) is 0 Å². The Morgan fingerprint density at radius 1 is 1.39 bits per heavy atom. The second-order valence-electron chi connectivity index (χ2n) is 6.59. The highest BCUT2D eigenvalue weighted by atomic mass is 19.1. The molecule has 0 amide bonds. The number of rotatable bonds is 6. The lowest BCUT2D eigenvalue weighted by Crippen LogP contribution is -2.30. The molecular weight excluding hydrogens is 405 g/mol. The fourth-order valence-electron chi connectivity index (χ4n) is 3.21. The zero-order valence-corrected chi connectivity index (χ0v) is 16.8. The number of pyridine rings is 1. The standard InChI is InChI=1S/C20H20FN7O3/c1-3-31-20(30)12-11-24-28-16(22-2)10-15(26-17(12)28)25-14-7-5-9-27(19(14)29)18-13(21)6-4-8-23-18/h4-11,13,18,22H,3H2,1-2H3,(H,25,26). The van der Waals surface area contributed by atoms with E-state index in [2.05, 4.69) is 25.7 Å². The molecule has 2 atom stereocenters. The molecule has 10 nitrogen and oxygen atoms in total. The molecule has 1 aliphatic heterocycles. The number of halogens is 1. The molecule has 31 heavy (non-hydrogen) atoms. The van der Waals surface area contributed by atoms with Gasteiger partial charge >= 0.3 is 5.97 Å². The van der Waals surface area contributed by atoms with Crippen molar-refractivity contribution >= 4 is 35.2 Å². The second kappa shape index (κ2) is 8.38. The maximum Gasteiger partial charge on any atom is 0.343 e. The number of alkyl halides is 1. The lowest BCUT2D eigenvalue weighted by molar-refractivity contribution is 0.0528. The van der Waals surface area contributed by atoms with Crippen molar-refractivity contribution in [3.8, 4) is 0 Å². The van der Waals surface area contributed by atoms with E-state index in [9.17, 15) is 14.0 Å². The molecule has 0 radical (unpaired) electrons. The quantitative estimate of drug-likeness (QED) is 0.583. The summed E-state index contributed by atoms with van der Waals surface area (Å²) in [4.78, 5) is 33.7. The van der Waals surface area contributed by atoms with E-state index in [1.807, 2.05) is 0 Å². The van der Waals surface area contributed by atoms with E-state index in [0.29, 0.717) is 11.6 Å². The molecule has 2 N–H and O–H groups in total. The van der Waals surface area contributed by atoms with Gasteiger partial charge in [-0.2, -0.15) is 9.61 Å². The number of carbonyl (C=O) groups excluding carboxylic acids is 1. The van der Waals surface area contributed by atoms with Crippen molar-refractivity contribution in [1.29, 1.82) is 0 Å². The van der Waals surface area contributed by atoms with Gasteiger partial charge in [0.05, 0.1) is 12.8 Å². The minimum atomic E-state index is -1.41. The van der Waals surface area contributed by atoms with Crippen LogP contribution in [-0.2, 0) is 4.74 Å². The van der Waals surface area contributed by atoms with Gasteiger partial charge in [0.1, 0.15) is 22.9 Å². The van der Waals surface area contributed by atoms with Crippen LogP contribution in [0, 0.1) is 0 Å². The number of hydrogen-bond acceptors (Lipinski definition) is 8. The molecule has 0 spiro atoms. The zero-order valence-electron chi connectivity index (χ0n) is 16.8. The lowest BCUT2D eigenvalue weighted by atomic mass is 10.2. The van der Waals surface area contributed by atoms with Crippen molar-refractivity contribution < 1.29 is 13.9 Å². The van der Waals surface area contributed by atoms with Crippen LogP contribution in [0.25, 0.3) is 5.65 Å². The molecule has 0 bridgehead atoms. The first-order valence-electron chi connectivity index (χ1n) is 9.59. The molecule has 1 aliphatic rings. The number of aliphatic imine (C=N–C) groups is 1. The van der Waals surface area contributed by atoms with Crippen LogP contribution >= 0.6 is 0 Å². The predicted molar refractivity (Wildman–Crippen MR) is 114 cm³/mol. The number of nitrogens with one attached hydrogen (secondary N) is 2. The Labute approximate surface area is 176 Å². The molecule has 4 rings (SSSR count). The van der Waals surface area contributed by atoms with Crippen LogP contribution in [0.15, 0.2) is 52.5 Å². The number of allylic oxidation sites excluding steroid dienone is 1. The van der Waals surface area contributed by atoms with Crippen LogP contribution in [-0.4, -0.2) is 51.2 Å². The molecular formula is C20H20FN7O3. The van der Waals surface area contributed by atoms with Crippen molar-refractivity contribution in [2.45, 2.75) is 19.3 Å². The molecule has 0 saturated carbocycles. The van der Waals surface area contributed by atoms with E-state index < -0.39 is 23.9 Å². The van der Waals surface area contributed by atoms with E-state index in [-0.39, 0.29) is 23.5 Å². The number of dihydropyridines is 1. The van der Waals surface area contributed by atoms with Crippen LogP contribution in [0.4, 0.5) is 21.7 Å². The topological polar surface area (TPSA) is 115 Å². The van der Waals surface area contributed by atoms with Crippen LogP contribution < -0.4 is 16.2 Å². The summed E-state index contributed by atoms with van der Waals surface area (Å²) in [6.45, 7) is 1.92. The van der Waals surface area contributed by atoms with E-state index in [0.717, 1.165) is 0 Å². The predicted octanol–water partition coefficient (Wildman–Crippen LogP) is 2.33. The number of aromatic nitrogens is 4. The van der Waals surface area contributed by atoms with Crippen molar-refractivity contribution in [1.82, 2.24) is 19.2 Å². The number of esters is 1. The van der Waals surface area contributed by atoms with Gasteiger partial charge < -0.3 is 15.4 Å². The summed E-state index contributed by atoms with van der Waals surface area (Å²) < 4.78 is 22.0. The average molecular weight is 425 g/mol. The van der Waals surface area contributed by atoms with Gasteiger partial charge in [0.2, 0.25) is 0 Å². The Bertz CT molecular complexity index is 1250. The molecule has 0 aromatic carbocycles. The third kappa shape index (κ3) is 3.77. The largest absolute Gasteiger partial charge is 0.462 e. The molecule has 4 heterocycles. The van der Waals surface area contributed by atoms with Gasteiger partial charge in [-0.1, -0.05) is 0 Å². The molecule has 3 aromatic heterocycles. The fourth-order valence-corrected chi connectivity index (χ4v) is 3.21. The van der Waals surface area contributed by atoms with Crippen LogP contribution in [0.5, 0.6) is 0 Å². The summed E-state index contributed by atoms with van der Waals surface area (Å²) in [6.07, 6.45) is 4.76. The van der Waals surface area contributed by atoms with E-state index >= 15 is 0 Å². The Hall–Kier alpha value is -4.02. The number of anilines is 3. The highest BCUT2D eigenvalue weighted by molar-refractivity contribution is 5.96. The SMILES string of the molecule is CCOC(=O)c1cnn2c(NC)cc(Nc3cccn(C4N=CC=CC4F)c3=O)nc12. The molecule has 0 saturated heterocycles. The van der Waals surface area contributed by atoms with Gasteiger partial charge in [0, 0.05) is 25.5 Å². The summed E-state index contributed by atoms with van der Waals surface area (Å²) in [5.41, 5.74) is 0.163. The Morgan fingerprint density at radius 3 is 2.97 bits per heavy atom. The summed E-state index contributed by atoms with van der Waals surface area (Å²) >= 11 is 0. The van der Waals surface area contributed by atoms with Gasteiger partial charge in [-0.05, 0) is 31.2 Å². The minimum absolute atomic E-state index is 0.176. The average Bonchev–Trinajstić information content (AvgIpc) is 3.19.